The van der Waals surface area contributed by atoms with Crippen molar-refractivity contribution in [3.8, 4) is 0 Å². The fraction of sp³-hybridized carbons (Fsp3) is 0. The van der Waals surface area contributed by atoms with Crippen molar-refractivity contribution in [3.05, 3.63) is 0 Å². The first-order valence-corrected chi connectivity index (χ1v) is 2.10. The van der Waals surface area contributed by atoms with Crippen LogP contribution in [0.25, 0.3) is 0 Å². The Labute approximate surface area is 100 Å². The molecule has 0 fully saturated rings. The number of hydrogen-bond donors (Lipinski definition) is 2. The van der Waals surface area contributed by atoms with Gasteiger partial charge in [0.15, 0.2) is 0 Å². The molecule has 0 saturated heterocycles. The molecule has 8 heteroatoms. The zero-order chi connectivity index (χ0) is 4.50. The van der Waals surface area contributed by atoms with Gasteiger partial charge in [0.1, 0.15) is 0 Å². The zero-order valence-electron chi connectivity index (χ0n) is 2.97. The van der Waals surface area contributed by atoms with E-state index in [1.807, 2.05) is 0 Å². The molecule has 4 N–H and O–H groups in total. The molecule has 8 heavy (non-hydrogen) atoms. The van der Waals surface area contributed by atoms with Crippen LogP contribution in [0.5, 0.6) is 0 Å². The van der Waals surface area contributed by atoms with Crippen molar-refractivity contribution >= 4 is 61.8 Å². The van der Waals surface area contributed by atoms with Gasteiger partial charge in [-0.15, -0.1) is 0 Å². The maximum absolute atomic E-state index is 8.74. The minimum absolute atomic E-state index is 0. The van der Waals surface area contributed by atoms with Gasteiger partial charge in [0, 0.05) is 17.1 Å². The molecule has 0 aliphatic carbocycles. The second kappa shape index (κ2) is 8.99. The molecule has 0 aliphatic heterocycles. The van der Waals surface area contributed by atoms with Gasteiger partial charge < -0.3 is 5.48 Å². The van der Waals surface area contributed by atoms with E-state index >= 15 is 0 Å². The van der Waals surface area contributed by atoms with Crippen LogP contribution in [-0.4, -0.2) is 74.4 Å². The van der Waals surface area contributed by atoms with E-state index in [1.54, 1.807) is 0 Å². The Morgan fingerprint density at radius 3 is 1.12 bits per heavy atom. The summed E-state index contributed by atoms with van der Waals surface area (Å²) in [4.78, 5) is 0. The van der Waals surface area contributed by atoms with Crippen molar-refractivity contribution in [1.82, 2.24) is 0 Å². The quantitative estimate of drug-likeness (QED) is 0.353. The van der Waals surface area contributed by atoms with E-state index in [9.17, 15) is 0 Å². The molecule has 0 unspecified atom stereocenters. The molecule has 0 bridgehead atoms. The van der Waals surface area contributed by atoms with Crippen LogP contribution >= 0.6 is 0 Å². The molecule has 0 aromatic rings. The van der Waals surface area contributed by atoms with E-state index in [4.69, 9.17) is 17.5 Å². The van der Waals surface area contributed by atoms with E-state index in [0.717, 1.165) is 0 Å². The normalized spacial score (nSPS) is 7.25. The molecule has 0 radical (unpaired) electrons. The third kappa shape index (κ3) is 98.8. The predicted octanol–water partition coefficient (Wildman–Crippen LogP) is -2.13. The second-order valence-electron chi connectivity index (χ2n) is 0.448. The van der Waals surface area contributed by atoms with Gasteiger partial charge in [0.2, 0.25) is 0 Å². The summed E-state index contributed by atoms with van der Waals surface area (Å²) in [6.45, 7) is 0. The van der Waals surface area contributed by atoms with Crippen molar-refractivity contribution in [1.29, 1.82) is 0 Å². The fourth-order valence-electron chi connectivity index (χ4n) is 0. The molecule has 0 rings (SSSR count). The molecular weight excluding hydrogens is 207 g/mol. The minimum atomic E-state index is -4.67. The molecule has 50 valence electrons. The average molecular weight is 212 g/mol. The molecule has 0 amide bonds. The summed E-state index contributed by atoms with van der Waals surface area (Å²) in [5.41, 5.74) is 0. The van der Waals surface area contributed by atoms with Gasteiger partial charge in [-0.1, -0.05) is 0 Å². The molecule has 0 spiro atoms. The first-order valence-electron chi connectivity index (χ1n) is 0.698. The van der Waals surface area contributed by atoms with Gasteiger partial charge >= 0.3 is 61.8 Å². The van der Waals surface area contributed by atoms with Crippen LogP contribution in [0.15, 0.2) is 0 Å². The average Bonchev–Trinajstić information content (AvgIpc) is 0.722. The van der Waals surface area contributed by atoms with E-state index < -0.39 is 10.4 Å². The Morgan fingerprint density at radius 2 is 1.12 bits per heavy atom. The summed E-state index contributed by atoms with van der Waals surface area (Å²) < 4.78 is 31.6. The Balaban J connectivity index is -0.0000000267. The summed E-state index contributed by atoms with van der Waals surface area (Å²) in [5, 5.41) is 0. The Bertz CT molecular complexity index is 95.6. The third-order valence-corrected chi connectivity index (χ3v) is 0. The molecule has 0 aromatic carbocycles. The fourth-order valence-corrected chi connectivity index (χ4v) is 0. The van der Waals surface area contributed by atoms with E-state index in [0.29, 0.717) is 0 Å². The molecule has 0 aliphatic rings. The Kier molecular flexibility index (Phi) is 25.3. The first-order chi connectivity index (χ1) is 2.00. The van der Waals surface area contributed by atoms with Crippen LogP contribution in [0, 0.1) is 0 Å². The topological polar surface area (TPSA) is 106 Å². The van der Waals surface area contributed by atoms with Crippen LogP contribution in [-0.2, 0) is 27.5 Å². The zero-order valence-corrected chi connectivity index (χ0v) is 4.89. The SMILES string of the molecule is O.O=S(=O)(O)O.[Fe].[KH]. The van der Waals surface area contributed by atoms with Gasteiger partial charge in [0.25, 0.3) is 0 Å². The molecule has 0 saturated carbocycles. The van der Waals surface area contributed by atoms with Crippen molar-refractivity contribution < 1.29 is 40.1 Å². The molecule has 0 aromatic heterocycles. The first kappa shape index (κ1) is 22.5. The summed E-state index contributed by atoms with van der Waals surface area (Å²) in [6.07, 6.45) is 0. The van der Waals surface area contributed by atoms with Crippen LogP contribution in [0.4, 0.5) is 0 Å². The number of hydrogen-bond acceptors (Lipinski definition) is 2. The van der Waals surface area contributed by atoms with Gasteiger partial charge in [-0.05, 0) is 0 Å². The standard InChI is InChI=1S/Fe.K.H2O4S.H2O.H/c;;1-5(2,3)4;;/h;;(H2,1,2,3,4);1H2;. The van der Waals surface area contributed by atoms with Crippen LogP contribution < -0.4 is 0 Å². The van der Waals surface area contributed by atoms with Crippen molar-refractivity contribution in [2.45, 2.75) is 0 Å². The van der Waals surface area contributed by atoms with Crippen LogP contribution in [0.2, 0.25) is 0 Å². The van der Waals surface area contributed by atoms with Crippen molar-refractivity contribution in [2.24, 2.45) is 0 Å². The van der Waals surface area contributed by atoms with Crippen molar-refractivity contribution in [3.63, 3.8) is 0 Å². The number of rotatable bonds is 0. The van der Waals surface area contributed by atoms with Gasteiger partial charge in [-0.3, -0.25) is 9.11 Å². The van der Waals surface area contributed by atoms with E-state index in [-0.39, 0.29) is 73.9 Å². The summed E-state index contributed by atoms with van der Waals surface area (Å²) in [5.74, 6) is 0. The molecule has 5 nitrogen and oxygen atoms in total. The van der Waals surface area contributed by atoms with Crippen LogP contribution in [0.3, 0.4) is 0 Å². The van der Waals surface area contributed by atoms with Gasteiger partial charge in [-0.2, -0.15) is 8.42 Å². The summed E-state index contributed by atoms with van der Waals surface area (Å²) in [7, 11) is -4.67. The predicted molar refractivity (Wildman–Crippen MR) is 24.9 cm³/mol. The van der Waals surface area contributed by atoms with Crippen molar-refractivity contribution in [2.75, 3.05) is 0 Å². The van der Waals surface area contributed by atoms with Crippen LogP contribution in [0.1, 0.15) is 0 Å². The summed E-state index contributed by atoms with van der Waals surface area (Å²) in [6, 6.07) is 0. The maximum atomic E-state index is 8.74. The molecular formula is H5FeKO5S. The van der Waals surface area contributed by atoms with Gasteiger partial charge in [-0.25, -0.2) is 0 Å². The van der Waals surface area contributed by atoms with Gasteiger partial charge in [0.05, 0.1) is 0 Å². The molecule has 0 heterocycles. The Morgan fingerprint density at radius 1 is 1.12 bits per heavy atom. The summed E-state index contributed by atoms with van der Waals surface area (Å²) >= 11 is 0. The van der Waals surface area contributed by atoms with E-state index in [2.05, 4.69) is 0 Å². The van der Waals surface area contributed by atoms with E-state index in [1.165, 1.54) is 0 Å². The third-order valence-electron chi connectivity index (χ3n) is 0. The Hall–Kier alpha value is 1.99. The second-order valence-corrected chi connectivity index (χ2v) is 1.34. The monoisotopic (exact) mass is 212 g/mol. The molecule has 0 atom stereocenters.